The third-order valence-corrected chi connectivity index (χ3v) is 1.77. The molecule has 66 valence electrons. The lowest BCUT2D eigenvalue weighted by Gasteiger charge is -2.00. The lowest BCUT2D eigenvalue weighted by molar-refractivity contribution is 0.0693. The number of aromatic hydroxyl groups is 1. The molecule has 0 fully saturated rings. The minimum Gasteiger partial charge on any atom is -0.505 e. The van der Waals surface area contributed by atoms with Crippen molar-refractivity contribution >= 4 is 11.5 Å². The van der Waals surface area contributed by atoms with E-state index in [2.05, 4.69) is 5.10 Å². The molecule has 13 heavy (non-hydrogen) atoms. The fourth-order valence-electron chi connectivity index (χ4n) is 1.14. The van der Waals surface area contributed by atoms with Crippen molar-refractivity contribution < 1.29 is 15.0 Å². The van der Waals surface area contributed by atoms with Gasteiger partial charge in [0.1, 0.15) is 11.1 Å². The quantitative estimate of drug-likeness (QED) is 0.675. The number of fused-ring (bicyclic) bond motifs is 1. The van der Waals surface area contributed by atoms with Gasteiger partial charge in [0.2, 0.25) is 0 Å². The minimum absolute atomic E-state index is 0.189. The zero-order chi connectivity index (χ0) is 9.42. The average Bonchev–Trinajstić information content (AvgIpc) is 2.52. The van der Waals surface area contributed by atoms with E-state index in [-0.39, 0.29) is 11.3 Å². The van der Waals surface area contributed by atoms with Crippen molar-refractivity contribution in [3.8, 4) is 5.75 Å². The van der Waals surface area contributed by atoms with Crippen LogP contribution < -0.4 is 0 Å². The molecule has 0 aromatic carbocycles. The maximum atomic E-state index is 10.6. The number of rotatable bonds is 1. The van der Waals surface area contributed by atoms with Gasteiger partial charge in [-0.15, -0.1) is 0 Å². The summed E-state index contributed by atoms with van der Waals surface area (Å²) >= 11 is 0. The van der Waals surface area contributed by atoms with Gasteiger partial charge >= 0.3 is 5.97 Å². The molecule has 0 aliphatic rings. The van der Waals surface area contributed by atoms with Gasteiger partial charge in [-0.25, -0.2) is 9.31 Å². The summed E-state index contributed by atoms with van der Waals surface area (Å²) in [5.41, 5.74) is 0.200. The molecule has 2 rings (SSSR count). The molecule has 5 nitrogen and oxygen atoms in total. The predicted octanol–water partition coefficient (Wildman–Crippen LogP) is 0.738. The minimum atomic E-state index is -1.19. The SMILES string of the molecule is O=C(O)c1cnn2cccc2c1O. The van der Waals surface area contributed by atoms with Crippen LogP contribution in [0, 0.1) is 0 Å². The molecular formula is C8H6N2O3. The highest BCUT2D eigenvalue weighted by molar-refractivity contribution is 5.93. The van der Waals surface area contributed by atoms with Gasteiger partial charge in [-0.2, -0.15) is 5.10 Å². The molecule has 0 saturated heterocycles. The summed E-state index contributed by atoms with van der Waals surface area (Å²) in [5.74, 6) is -1.44. The summed E-state index contributed by atoms with van der Waals surface area (Å²) in [6.45, 7) is 0. The summed E-state index contributed by atoms with van der Waals surface area (Å²) < 4.78 is 1.40. The van der Waals surface area contributed by atoms with Crippen LogP contribution in [0.1, 0.15) is 10.4 Å². The standard InChI is InChI=1S/C8H6N2O3/c11-7-5(8(12)13)4-9-10-3-1-2-6(7)10/h1-4,11H,(H,12,13). The van der Waals surface area contributed by atoms with Crippen LogP contribution in [-0.2, 0) is 0 Å². The monoisotopic (exact) mass is 178 g/mol. The molecule has 2 aromatic heterocycles. The normalized spacial score (nSPS) is 10.5. The Labute approximate surface area is 72.9 Å². The van der Waals surface area contributed by atoms with E-state index < -0.39 is 5.97 Å². The first kappa shape index (κ1) is 7.60. The van der Waals surface area contributed by atoms with Gasteiger partial charge in [0.25, 0.3) is 0 Å². The van der Waals surface area contributed by atoms with Crippen molar-refractivity contribution in [3.05, 3.63) is 30.1 Å². The first-order valence-corrected chi connectivity index (χ1v) is 3.59. The van der Waals surface area contributed by atoms with Gasteiger partial charge in [0, 0.05) is 6.20 Å². The zero-order valence-corrected chi connectivity index (χ0v) is 6.51. The molecule has 2 heterocycles. The van der Waals surface area contributed by atoms with Crippen molar-refractivity contribution in [2.75, 3.05) is 0 Å². The van der Waals surface area contributed by atoms with Gasteiger partial charge in [0.15, 0.2) is 5.75 Å². The van der Waals surface area contributed by atoms with Gasteiger partial charge < -0.3 is 10.2 Å². The third kappa shape index (κ3) is 1.01. The molecule has 2 aromatic rings. The maximum absolute atomic E-state index is 10.6. The Morgan fingerprint density at radius 3 is 3.00 bits per heavy atom. The fourth-order valence-corrected chi connectivity index (χ4v) is 1.14. The van der Waals surface area contributed by atoms with Gasteiger partial charge in [0.05, 0.1) is 6.20 Å². The number of aromatic carboxylic acids is 1. The molecule has 5 heteroatoms. The van der Waals surface area contributed by atoms with E-state index in [1.54, 1.807) is 18.3 Å². The second-order valence-electron chi connectivity index (χ2n) is 2.55. The van der Waals surface area contributed by atoms with E-state index in [0.29, 0.717) is 5.52 Å². The Morgan fingerprint density at radius 2 is 2.31 bits per heavy atom. The van der Waals surface area contributed by atoms with Crippen LogP contribution >= 0.6 is 0 Å². The third-order valence-electron chi connectivity index (χ3n) is 1.77. The number of carboxylic acids is 1. The highest BCUT2D eigenvalue weighted by Gasteiger charge is 2.12. The van der Waals surface area contributed by atoms with Gasteiger partial charge in [-0.1, -0.05) is 0 Å². The van der Waals surface area contributed by atoms with E-state index in [0.717, 1.165) is 6.20 Å². The Morgan fingerprint density at radius 1 is 1.54 bits per heavy atom. The second kappa shape index (κ2) is 2.48. The summed E-state index contributed by atoms with van der Waals surface area (Å²) in [5, 5.41) is 21.9. The number of aromatic nitrogens is 2. The average molecular weight is 178 g/mol. The summed E-state index contributed by atoms with van der Waals surface area (Å²) in [6, 6.07) is 3.27. The topological polar surface area (TPSA) is 74.8 Å². The van der Waals surface area contributed by atoms with E-state index in [1.807, 2.05) is 0 Å². The van der Waals surface area contributed by atoms with E-state index in [1.165, 1.54) is 4.52 Å². The highest BCUT2D eigenvalue weighted by atomic mass is 16.4. The molecule has 0 bridgehead atoms. The highest BCUT2D eigenvalue weighted by Crippen LogP contribution is 2.22. The van der Waals surface area contributed by atoms with Crippen molar-refractivity contribution in [1.82, 2.24) is 9.61 Å². The maximum Gasteiger partial charge on any atom is 0.341 e. The van der Waals surface area contributed by atoms with Crippen LogP contribution in [0.5, 0.6) is 5.75 Å². The Balaban J connectivity index is 2.80. The molecule has 0 aliphatic carbocycles. The number of hydrogen-bond donors (Lipinski definition) is 2. The first-order chi connectivity index (χ1) is 6.20. The summed E-state index contributed by atoms with van der Waals surface area (Å²) in [6.07, 6.45) is 2.74. The molecule has 2 N–H and O–H groups in total. The number of nitrogens with zero attached hydrogens (tertiary/aromatic N) is 2. The largest absolute Gasteiger partial charge is 0.505 e. The Hall–Kier alpha value is -2.04. The molecule has 0 atom stereocenters. The smallest absolute Gasteiger partial charge is 0.341 e. The Bertz CT molecular complexity index is 475. The molecule has 0 unspecified atom stereocenters. The first-order valence-electron chi connectivity index (χ1n) is 3.59. The molecule has 0 aliphatic heterocycles. The summed E-state index contributed by atoms with van der Waals surface area (Å²) in [7, 11) is 0. The van der Waals surface area contributed by atoms with Crippen molar-refractivity contribution in [3.63, 3.8) is 0 Å². The van der Waals surface area contributed by atoms with Crippen LogP contribution in [0.4, 0.5) is 0 Å². The molecule has 0 spiro atoms. The zero-order valence-electron chi connectivity index (χ0n) is 6.51. The van der Waals surface area contributed by atoms with Crippen molar-refractivity contribution in [2.45, 2.75) is 0 Å². The van der Waals surface area contributed by atoms with Crippen LogP contribution in [0.3, 0.4) is 0 Å². The Kier molecular flexibility index (Phi) is 1.45. The van der Waals surface area contributed by atoms with E-state index in [9.17, 15) is 9.90 Å². The molecule has 0 saturated carbocycles. The van der Waals surface area contributed by atoms with Crippen LogP contribution in [0.2, 0.25) is 0 Å². The van der Waals surface area contributed by atoms with Gasteiger partial charge in [-0.3, -0.25) is 0 Å². The van der Waals surface area contributed by atoms with Crippen molar-refractivity contribution in [1.29, 1.82) is 0 Å². The number of carboxylic acid groups (broad SMARTS) is 1. The lowest BCUT2D eigenvalue weighted by Crippen LogP contribution is -2.00. The van der Waals surface area contributed by atoms with E-state index in [4.69, 9.17) is 5.11 Å². The lowest BCUT2D eigenvalue weighted by atomic mass is 10.2. The van der Waals surface area contributed by atoms with Crippen LogP contribution in [-0.4, -0.2) is 25.8 Å². The van der Waals surface area contributed by atoms with E-state index >= 15 is 0 Å². The molecule has 0 amide bonds. The van der Waals surface area contributed by atoms with Gasteiger partial charge in [-0.05, 0) is 12.1 Å². The van der Waals surface area contributed by atoms with Crippen LogP contribution in [0.15, 0.2) is 24.5 Å². The fraction of sp³-hybridized carbons (Fsp3) is 0. The second-order valence-corrected chi connectivity index (χ2v) is 2.55. The molecule has 0 radical (unpaired) electrons. The van der Waals surface area contributed by atoms with Crippen molar-refractivity contribution in [2.24, 2.45) is 0 Å². The number of hydrogen-bond acceptors (Lipinski definition) is 3. The summed E-state index contributed by atoms with van der Waals surface area (Å²) in [4.78, 5) is 10.6. The molecular weight excluding hydrogens is 172 g/mol. The number of carbonyl (C=O) groups is 1. The van der Waals surface area contributed by atoms with Crippen LogP contribution in [0.25, 0.3) is 5.52 Å². The predicted molar refractivity (Wildman–Crippen MR) is 43.8 cm³/mol.